The van der Waals surface area contributed by atoms with E-state index in [1.165, 1.54) is 11.8 Å². The fourth-order valence-corrected chi connectivity index (χ4v) is 5.87. The van der Waals surface area contributed by atoms with E-state index in [1.807, 2.05) is 48.3 Å². The number of hydrogen-bond donors (Lipinski definition) is 0. The molecule has 37 heavy (non-hydrogen) atoms. The molecule has 0 amide bonds. The van der Waals surface area contributed by atoms with Crippen LogP contribution < -0.4 is 0 Å². The number of hydrogen-bond acceptors (Lipinski definition) is 5. The van der Waals surface area contributed by atoms with Gasteiger partial charge >= 0.3 is 0 Å². The van der Waals surface area contributed by atoms with E-state index >= 15 is 0 Å². The maximum Gasteiger partial charge on any atom is 0.167 e. The van der Waals surface area contributed by atoms with Crippen molar-refractivity contribution >= 4 is 32.5 Å². The Morgan fingerprint density at radius 1 is 0.865 bits per heavy atom. The molecule has 0 aliphatic carbocycles. The summed E-state index contributed by atoms with van der Waals surface area (Å²) in [6, 6.07) is 24.6. The predicted molar refractivity (Wildman–Crippen MR) is 153 cm³/mol. The summed E-state index contributed by atoms with van der Waals surface area (Å²) < 4.78 is 26.3. The van der Waals surface area contributed by atoms with E-state index in [9.17, 15) is 8.42 Å². The molecule has 0 radical (unpaired) electrons. The van der Waals surface area contributed by atoms with Crippen LogP contribution in [0.15, 0.2) is 96.5 Å². The summed E-state index contributed by atoms with van der Waals surface area (Å²) in [5.41, 5.74) is 7.02. The van der Waals surface area contributed by atoms with Gasteiger partial charge in [0, 0.05) is 48.6 Å². The molecule has 0 bridgehead atoms. The quantitative estimate of drug-likeness (QED) is 0.216. The number of nitrogens with zero attached hydrogens (tertiary/aromatic N) is 3. The van der Waals surface area contributed by atoms with Crippen LogP contribution in [0.1, 0.15) is 25.0 Å². The molecule has 3 aromatic carbocycles. The lowest BCUT2D eigenvalue weighted by Crippen LogP contribution is -2.28. The smallest absolute Gasteiger partial charge is 0.167 e. The lowest BCUT2D eigenvalue weighted by molar-refractivity contribution is 0.561. The fraction of sp³-hybridized carbons (Fsp3) is 0.200. The molecule has 0 saturated carbocycles. The number of aromatic nitrogens is 3. The molecule has 0 aliphatic heterocycles. The second-order valence-corrected chi connectivity index (χ2v) is 13.2. The number of fused-ring (bicyclic) bond motifs is 1. The highest BCUT2D eigenvalue weighted by atomic mass is 32.2. The Bertz CT molecular complexity index is 1710. The maximum atomic E-state index is 12.7. The number of thioether (sulfide) groups is 1. The molecule has 0 saturated heterocycles. The fourth-order valence-electron chi connectivity index (χ4n) is 4.39. The van der Waals surface area contributed by atoms with Crippen LogP contribution in [0.5, 0.6) is 0 Å². The van der Waals surface area contributed by atoms with Gasteiger partial charge in [-0.25, -0.2) is 13.4 Å². The van der Waals surface area contributed by atoms with Gasteiger partial charge in [-0.05, 0) is 65.9 Å². The van der Waals surface area contributed by atoms with Crippen LogP contribution >= 0.6 is 11.8 Å². The Morgan fingerprint density at radius 3 is 2.35 bits per heavy atom. The minimum absolute atomic E-state index is 0.753. The van der Waals surface area contributed by atoms with Crippen LogP contribution in [0.3, 0.4) is 0 Å². The first-order chi connectivity index (χ1) is 17.6. The van der Waals surface area contributed by atoms with Gasteiger partial charge in [0.2, 0.25) is 0 Å². The maximum absolute atomic E-state index is 12.7. The molecule has 5 rings (SSSR count). The molecule has 0 unspecified atom stereocenters. The third-order valence-electron chi connectivity index (χ3n) is 6.96. The minimum Gasteiger partial charge on any atom is -0.329 e. The summed E-state index contributed by atoms with van der Waals surface area (Å²) in [5, 5.41) is 1.90. The average Bonchev–Trinajstić information content (AvgIpc) is 3.30. The van der Waals surface area contributed by atoms with E-state index in [2.05, 4.69) is 58.5 Å². The monoisotopic (exact) mass is 527 g/mol. The van der Waals surface area contributed by atoms with Gasteiger partial charge in [0.25, 0.3) is 0 Å². The normalized spacial score (nSPS) is 12.2. The van der Waals surface area contributed by atoms with Gasteiger partial charge in [0.1, 0.15) is 0 Å². The van der Waals surface area contributed by atoms with Crippen molar-refractivity contribution in [2.45, 2.75) is 29.5 Å². The van der Waals surface area contributed by atoms with E-state index in [4.69, 9.17) is 0 Å². The lowest BCUT2D eigenvalue weighted by atomic mass is 9.91. The van der Waals surface area contributed by atoms with Gasteiger partial charge in [-0.3, -0.25) is 4.98 Å². The van der Waals surface area contributed by atoms with E-state index in [0.717, 1.165) is 49.6 Å². The number of benzene rings is 3. The predicted octanol–water partition coefficient (Wildman–Crippen LogP) is 6.87. The highest BCUT2D eigenvalue weighted by molar-refractivity contribution is 7.98. The molecule has 2 aromatic heterocycles. The summed E-state index contributed by atoms with van der Waals surface area (Å²) in [7, 11) is -1.34. The zero-order valence-corrected chi connectivity index (χ0v) is 23.0. The zero-order valence-electron chi connectivity index (χ0n) is 21.3. The molecule has 0 atom stereocenters. The van der Waals surface area contributed by atoms with Crippen molar-refractivity contribution in [1.29, 1.82) is 0 Å². The van der Waals surface area contributed by atoms with Crippen LogP contribution in [-0.2, 0) is 27.4 Å². The standard InChI is InChI=1S/C30H29N3O2S2/c1-30(2,37(4,34)35)25-18-23-12-8-14-31-28(23)27(19-25)22-11-7-10-21(17-22)26-13-6-5-9-24(26)20-36-29-32-15-16-33(29)3/h5-19H,20H2,1-4H3. The van der Waals surface area contributed by atoms with Crippen molar-refractivity contribution in [2.75, 3.05) is 6.26 Å². The Hall–Kier alpha value is -3.42. The van der Waals surface area contributed by atoms with Crippen LogP contribution in [0, 0.1) is 0 Å². The van der Waals surface area contributed by atoms with Crippen molar-refractivity contribution in [3.63, 3.8) is 0 Å². The van der Waals surface area contributed by atoms with Crippen molar-refractivity contribution in [1.82, 2.24) is 14.5 Å². The van der Waals surface area contributed by atoms with Crippen molar-refractivity contribution in [3.05, 3.63) is 103 Å². The van der Waals surface area contributed by atoms with Crippen molar-refractivity contribution in [2.24, 2.45) is 7.05 Å². The molecule has 7 heteroatoms. The molecule has 2 heterocycles. The SMILES string of the molecule is Cn1ccnc1SCc1ccccc1-c1cccc(-c2cc(C(C)(C)S(C)(=O)=O)cc3cccnc23)c1. The van der Waals surface area contributed by atoms with Crippen LogP contribution in [-0.4, -0.2) is 29.2 Å². The third kappa shape index (κ3) is 4.93. The first-order valence-electron chi connectivity index (χ1n) is 12.0. The lowest BCUT2D eigenvalue weighted by Gasteiger charge is -2.24. The van der Waals surface area contributed by atoms with Crippen LogP contribution in [0.25, 0.3) is 33.2 Å². The number of pyridine rings is 1. The largest absolute Gasteiger partial charge is 0.329 e. The molecule has 0 aliphatic rings. The van der Waals surface area contributed by atoms with Crippen molar-refractivity contribution in [3.8, 4) is 22.3 Å². The highest BCUT2D eigenvalue weighted by Gasteiger charge is 2.33. The number of rotatable bonds is 7. The molecule has 0 spiro atoms. The summed E-state index contributed by atoms with van der Waals surface area (Å²) in [6.45, 7) is 3.52. The summed E-state index contributed by atoms with van der Waals surface area (Å²) >= 11 is 1.71. The van der Waals surface area contributed by atoms with E-state index < -0.39 is 14.6 Å². The topological polar surface area (TPSA) is 64.8 Å². The Kier molecular flexibility index (Phi) is 6.68. The van der Waals surface area contributed by atoms with Gasteiger partial charge in [-0.1, -0.05) is 60.3 Å². The van der Waals surface area contributed by atoms with Crippen molar-refractivity contribution < 1.29 is 8.42 Å². The summed E-state index contributed by atoms with van der Waals surface area (Å²) in [5.74, 6) is 0.799. The Labute approximate surface area is 222 Å². The van der Waals surface area contributed by atoms with Crippen LogP contribution in [0.2, 0.25) is 0 Å². The first kappa shape index (κ1) is 25.2. The Morgan fingerprint density at radius 2 is 1.62 bits per heavy atom. The number of aryl methyl sites for hydroxylation is 1. The summed E-state index contributed by atoms with van der Waals surface area (Å²) in [4.78, 5) is 9.10. The van der Waals surface area contributed by atoms with E-state index in [-0.39, 0.29) is 0 Å². The van der Waals surface area contributed by atoms with E-state index in [1.54, 1.807) is 31.8 Å². The van der Waals surface area contributed by atoms with Gasteiger partial charge in [-0.2, -0.15) is 0 Å². The molecule has 0 fully saturated rings. The Balaban J connectivity index is 1.60. The van der Waals surface area contributed by atoms with Gasteiger partial charge < -0.3 is 4.57 Å². The highest BCUT2D eigenvalue weighted by Crippen LogP contribution is 2.38. The molecule has 5 nitrogen and oxygen atoms in total. The molecule has 188 valence electrons. The average molecular weight is 528 g/mol. The number of imidazole rings is 1. The summed E-state index contributed by atoms with van der Waals surface area (Å²) in [6.07, 6.45) is 6.84. The second kappa shape index (κ2) is 9.80. The van der Waals surface area contributed by atoms with Gasteiger partial charge in [0.15, 0.2) is 15.0 Å². The zero-order chi connectivity index (χ0) is 26.2. The second-order valence-electron chi connectivity index (χ2n) is 9.73. The van der Waals surface area contributed by atoms with Crippen LogP contribution in [0.4, 0.5) is 0 Å². The molecular formula is C30H29N3O2S2. The first-order valence-corrected chi connectivity index (χ1v) is 14.9. The molecule has 5 aromatic rings. The number of sulfone groups is 1. The molecule has 0 N–H and O–H groups in total. The van der Waals surface area contributed by atoms with E-state index in [0.29, 0.717) is 0 Å². The third-order valence-corrected chi connectivity index (χ3v) is 10.2. The molecular weight excluding hydrogens is 498 g/mol. The van der Waals surface area contributed by atoms with Gasteiger partial charge in [-0.15, -0.1) is 0 Å². The minimum atomic E-state index is -3.34. The van der Waals surface area contributed by atoms with Gasteiger partial charge in [0.05, 0.1) is 10.3 Å².